The van der Waals surface area contributed by atoms with Gasteiger partial charge in [0, 0.05) is 6.42 Å². The molecule has 3 nitrogen and oxygen atoms in total. The summed E-state index contributed by atoms with van der Waals surface area (Å²) in [4.78, 5) is 11.8. The van der Waals surface area contributed by atoms with E-state index in [2.05, 4.69) is 5.32 Å². The highest BCUT2D eigenvalue weighted by molar-refractivity contribution is 5.85. The molecule has 1 saturated heterocycles. The molecule has 0 amide bonds. The number of ether oxygens (including phenoxy) is 1. The first-order valence-electron chi connectivity index (χ1n) is 5.75. The second-order valence-electron chi connectivity index (χ2n) is 4.37. The molecule has 0 saturated carbocycles. The van der Waals surface area contributed by atoms with Crippen molar-refractivity contribution in [3.8, 4) is 0 Å². The lowest BCUT2D eigenvalue weighted by atomic mass is 9.89. The van der Waals surface area contributed by atoms with Crippen LogP contribution in [0.5, 0.6) is 0 Å². The maximum absolute atomic E-state index is 13.6. The third kappa shape index (κ3) is 2.82. The predicted octanol–water partition coefficient (Wildman–Crippen LogP) is 2.09. The van der Waals surface area contributed by atoms with Crippen LogP contribution in [0.1, 0.15) is 18.4 Å². The van der Waals surface area contributed by atoms with E-state index in [1.165, 1.54) is 13.2 Å². The van der Waals surface area contributed by atoms with E-state index in [9.17, 15) is 9.18 Å². The van der Waals surface area contributed by atoms with Gasteiger partial charge < -0.3 is 10.1 Å². The molecule has 100 valence electrons. The highest BCUT2D eigenvalue weighted by Gasteiger charge is 2.42. The molecular weight excluding hydrogens is 257 g/mol. The fourth-order valence-corrected chi connectivity index (χ4v) is 2.37. The number of benzene rings is 1. The first-order chi connectivity index (χ1) is 8.18. The minimum atomic E-state index is -0.753. The van der Waals surface area contributed by atoms with Crippen LogP contribution in [0.25, 0.3) is 0 Å². The van der Waals surface area contributed by atoms with Gasteiger partial charge in [0.15, 0.2) is 0 Å². The Bertz CT molecular complexity index is 419. The Morgan fingerprint density at radius 3 is 2.78 bits per heavy atom. The Labute approximate surface area is 112 Å². The zero-order valence-electron chi connectivity index (χ0n) is 10.2. The molecule has 1 aromatic rings. The van der Waals surface area contributed by atoms with E-state index in [0.717, 1.165) is 13.0 Å². The van der Waals surface area contributed by atoms with E-state index in [0.29, 0.717) is 18.4 Å². The summed E-state index contributed by atoms with van der Waals surface area (Å²) in [5.41, 5.74) is -0.205. The van der Waals surface area contributed by atoms with Crippen LogP contribution in [-0.2, 0) is 16.0 Å². The molecule has 1 N–H and O–H groups in total. The smallest absolute Gasteiger partial charge is 0.326 e. The fraction of sp³-hybridized carbons (Fsp3) is 0.462. The van der Waals surface area contributed by atoms with Crippen molar-refractivity contribution < 1.29 is 13.9 Å². The lowest BCUT2D eigenvalue weighted by molar-refractivity contribution is -0.148. The van der Waals surface area contributed by atoms with Gasteiger partial charge in [0.05, 0.1) is 7.11 Å². The lowest BCUT2D eigenvalue weighted by Gasteiger charge is -2.26. The van der Waals surface area contributed by atoms with Crippen molar-refractivity contribution in [2.75, 3.05) is 13.7 Å². The minimum absolute atomic E-state index is 0. The van der Waals surface area contributed by atoms with E-state index < -0.39 is 5.54 Å². The average molecular weight is 274 g/mol. The summed E-state index contributed by atoms with van der Waals surface area (Å²) in [7, 11) is 1.37. The van der Waals surface area contributed by atoms with E-state index in [-0.39, 0.29) is 24.2 Å². The standard InChI is InChI=1S/C13H16FNO2.ClH/c1-17-12(16)13(7-4-8-15-13)9-10-5-2-3-6-11(10)14;/h2-3,5-6,15H,4,7-9H2,1H3;1H/t13-;/m1./s1. The number of carbonyl (C=O) groups excluding carboxylic acids is 1. The molecular formula is C13H17ClFNO2. The average Bonchev–Trinajstić information content (AvgIpc) is 2.81. The quantitative estimate of drug-likeness (QED) is 0.857. The summed E-state index contributed by atoms with van der Waals surface area (Å²) >= 11 is 0. The maximum Gasteiger partial charge on any atom is 0.326 e. The fourth-order valence-electron chi connectivity index (χ4n) is 2.37. The van der Waals surface area contributed by atoms with Crippen LogP contribution < -0.4 is 5.32 Å². The van der Waals surface area contributed by atoms with Gasteiger partial charge in [-0.3, -0.25) is 4.79 Å². The van der Waals surface area contributed by atoms with Crippen molar-refractivity contribution in [1.82, 2.24) is 5.32 Å². The van der Waals surface area contributed by atoms with Crippen LogP contribution in [0.2, 0.25) is 0 Å². The number of rotatable bonds is 3. The molecule has 0 spiro atoms. The van der Waals surface area contributed by atoms with Crippen LogP contribution in [0.15, 0.2) is 24.3 Å². The summed E-state index contributed by atoms with van der Waals surface area (Å²) in [6.45, 7) is 0.767. The van der Waals surface area contributed by atoms with E-state index >= 15 is 0 Å². The SMILES string of the molecule is COC(=O)[C@]1(Cc2ccccc2F)CCCN1.Cl. The van der Waals surface area contributed by atoms with E-state index in [4.69, 9.17) is 4.74 Å². The number of methoxy groups -OCH3 is 1. The summed E-state index contributed by atoms with van der Waals surface area (Å²) in [5, 5.41) is 3.16. The summed E-state index contributed by atoms with van der Waals surface area (Å²) < 4.78 is 18.4. The molecule has 0 bridgehead atoms. The van der Waals surface area contributed by atoms with Gasteiger partial charge in [-0.15, -0.1) is 12.4 Å². The van der Waals surface area contributed by atoms with Gasteiger partial charge in [0.2, 0.25) is 0 Å². The van der Waals surface area contributed by atoms with Crippen molar-refractivity contribution in [2.45, 2.75) is 24.8 Å². The first kappa shape index (κ1) is 14.9. The second kappa shape index (κ2) is 6.16. The highest BCUT2D eigenvalue weighted by Crippen LogP contribution is 2.26. The third-order valence-electron chi connectivity index (χ3n) is 3.27. The van der Waals surface area contributed by atoms with Crippen LogP contribution in [0.3, 0.4) is 0 Å². The molecule has 18 heavy (non-hydrogen) atoms. The Kier molecular flexibility index (Phi) is 5.11. The maximum atomic E-state index is 13.6. The highest BCUT2D eigenvalue weighted by atomic mass is 35.5. The van der Waals surface area contributed by atoms with Gasteiger partial charge in [0.1, 0.15) is 11.4 Å². The van der Waals surface area contributed by atoms with Gasteiger partial charge in [-0.2, -0.15) is 0 Å². The zero-order chi connectivity index (χ0) is 12.3. The lowest BCUT2D eigenvalue weighted by Crippen LogP contribution is -2.50. The largest absolute Gasteiger partial charge is 0.468 e. The van der Waals surface area contributed by atoms with Crippen LogP contribution in [0.4, 0.5) is 4.39 Å². The van der Waals surface area contributed by atoms with Crippen LogP contribution >= 0.6 is 12.4 Å². The molecule has 1 fully saturated rings. The summed E-state index contributed by atoms with van der Waals surface area (Å²) in [6, 6.07) is 6.54. The van der Waals surface area contributed by atoms with E-state index in [1.54, 1.807) is 18.2 Å². The summed E-state index contributed by atoms with van der Waals surface area (Å²) in [5.74, 6) is -0.581. The van der Waals surface area contributed by atoms with Crippen molar-refractivity contribution >= 4 is 18.4 Å². The van der Waals surface area contributed by atoms with Crippen molar-refractivity contribution in [1.29, 1.82) is 0 Å². The Morgan fingerprint density at radius 2 is 2.22 bits per heavy atom. The van der Waals surface area contributed by atoms with Gasteiger partial charge in [0.25, 0.3) is 0 Å². The van der Waals surface area contributed by atoms with Gasteiger partial charge >= 0.3 is 5.97 Å². The van der Waals surface area contributed by atoms with Crippen LogP contribution in [0, 0.1) is 5.82 Å². The minimum Gasteiger partial charge on any atom is -0.468 e. The number of hydrogen-bond acceptors (Lipinski definition) is 3. The number of esters is 1. The number of halogens is 2. The van der Waals surface area contributed by atoms with Crippen LogP contribution in [-0.4, -0.2) is 25.2 Å². The molecule has 1 aliphatic rings. The van der Waals surface area contributed by atoms with Crippen molar-refractivity contribution in [3.05, 3.63) is 35.6 Å². The normalized spacial score (nSPS) is 22.3. The molecule has 1 atom stereocenters. The van der Waals surface area contributed by atoms with Crippen molar-refractivity contribution in [3.63, 3.8) is 0 Å². The molecule has 1 aliphatic heterocycles. The molecule has 0 aromatic heterocycles. The topological polar surface area (TPSA) is 38.3 Å². The second-order valence-corrected chi connectivity index (χ2v) is 4.37. The van der Waals surface area contributed by atoms with Gasteiger partial charge in [-0.25, -0.2) is 4.39 Å². The molecule has 2 rings (SSSR count). The first-order valence-corrected chi connectivity index (χ1v) is 5.75. The molecule has 0 unspecified atom stereocenters. The third-order valence-corrected chi connectivity index (χ3v) is 3.27. The molecule has 0 radical (unpaired) electrons. The Hall–Kier alpha value is -1.13. The molecule has 0 aliphatic carbocycles. The molecule has 1 heterocycles. The number of nitrogens with one attached hydrogen (secondary N) is 1. The van der Waals surface area contributed by atoms with Gasteiger partial charge in [-0.1, -0.05) is 18.2 Å². The monoisotopic (exact) mass is 273 g/mol. The Morgan fingerprint density at radius 1 is 1.50 bits per heavy atom. The molecule has 5 heteroatoms. The Balaban J connectivity index is 0.00000162. The zero-order valence-corrected chi connectivity index (χ0v) is 11.1. The number of carbonyl (C=O) groups is 1. The van der Waals surface area contributed by atoms with E-state index in [1.807, 2.05) is 0 Å². The molecule has 1 aromatic carbocycles. The van der Waals surface area contributed by atoms with Gasteiger partial charge in [-0.05, 0) is 31.0 Å². The summed E-state index contributed by atoms with van der Waals surface area (Å²) in [6.07, 6.45) is 1.93. The number of hydrogen-bond donors (Lipinski definition) is 1. The predicted molar refractivity (Wildman–Crippen MR) is 69.3 cm³/mol. The van der Waals surface area contributed by atoms with Crippen molar-refractivity contribution in [2.24, 2.45) is 0 Å².